The van der Waals surface area contributed by atoms with Gasteiger partial charge in [-0.05, 0) is 31.5 Å². The molecule has 0 spiro atoms. The van der Waals surface area contributed by atoms with Crippen LogP contribution in [0.5, 0.6) is 0 Å². The van der Waals surface area contributed by atoms with E-state index < -0.39 is 10.0 Å². The van der Waals surface area contributed by atoms with Gasteiger partial charge in [-0.15, -0.1) is 0 Å². The molecule has 1 heterocycles. The van der Waals surface area contributed by atoms with Crippen molar-refractivity contribution in [1.82, 2.24) is 4.72 Å². The summed E-state index contributed by atoms with van der Waals surface area (Å²) in [5.41, 5.74) is 1.85. The van der Waals surface area contributed by atoms with Crippen molar-refractivity contribution in [1.29, 1.82) is 0 Å². The molecule has 0 bridgehead atoms. The van der Waals surface area contributed by atoms with E-state index in [2.05, 4.69) is 4.72 Å². The number of sulfonamides is 1. The van der Waals surface area contributed by atoms with E-state index in [-0.39, 0.29) is 11.8 Å². The van der Waals surface area contributed by atoms with Gasteiger partial charge in [-0.3, -0.25) is 0 Å². The Kier molecular flexibility index (Phi) is 4.62. The van der Waals surface area contributed by atoms with Crippen molar-refractivity contribution in [3.05, 3.63) is 59.5 Å². The summed E-state index contributed by atoms with van der Waals surface area (Å²) in [6.45, 7) is 3.78. The summed E-state index contributed by atoms with van der Waals surface area (Å²) in [5.74, 6) is 0.771. The molecular weight excluding hydrogens is 274 g/mol. The largest absolute Gasteiger partial charge is 0.469 e. The number of hydrogen-bond acceptors (Lipinski definition) is 3. The zero-order valence-electron chi connectivity index (χ0n) is 11.7. The molecule has 4 nitrogen and oxygen atoms in total. The fourth-order valence-electron chi connectivity index (χ4n) is 2.14. The second-order valence-electron chi connectivity index (χ2n) is 5.05. The monoisotopic (exact) mass is 293 g/mol. The third kappa shape index (κ3) is 4.51. The van der Waals surface area contributed by atoms with Gasteiger partial charge in [-0.25, -0.2) is 13.1 Å². The molecule has 1 atom stereocenters. The van der Waals surface area contributed by atoms with Gasteiger partial charge in [0, 0.05) is 12.5 Å². The zero-order valence-corrected chi connectivity index (χ0v) is 12.5. The minimum absolute atomic E-state index is 0.00280. The average molecular weight is 293 g/mol. The molecule has 0 fully saturated rings. The number of rotatable bonds is 6. The van der Waals surface area contributed by atoms with Crippen molar-refractivity contribution in [2.75, 3.05) is 0 Å². The Morgan fingerprint density at radius 1 is 1.25 bits per heavy atom. The minimum Gasteiger partial charge on any atom is -0.469 e. The maximum absolute atomic E-state index is 12.1. The molecule has 20 heavy (non-hydrogen) atoms. The number of nitrogens with one attached hydrogen (secondary N) is 1. The van der Waals surface area contributed by atoms with Gasteiger partial charge < -0.3 is 4.42 Å². The van der Waals surface area contributed by atoms with E-state index in [9.17, 15) is 8.42 Å². The van der Waals surface area contributed by atoms with Crippen LogP contribution in [0.1, 0.15) is 23.8 Å². The van der Waals surface area contributed by atoms with Crippen LogP contribution in [0.2, 0.25) is 0 Å². The highest BCUT2D eigenvalue weighted by Crippen LogP contribution is 2.10. The molecule has 108 valence electrons. The van der Waals surface area contributed by atoms with E-state index in [0.717, 1.165) is 16.9 Å². The first-order chi connectivity index (χ1) is 9.44. The minimum atomic E-state index is -3.35. The molecule has 0 unspecified atom stereocenters. The van der Waals surface area contributed by atoms with Gasteiger partial charge in [0.05, 0.1) is 12.0 Å². The Hall–Kier alpha value is -1.59. The first-order valence-corrected chi connectivity index (χ1v) is 8.18. The van der Waals surface area contributed by atoms with Gasteiger partial charge in [-0.1, -0.05) is 29.8 Å². The van der Waals surface area contributed by atoms with Crippen LogP contribution in [0, 0.1) is 6.92 Å². The molecular formula is C15H19NO3S. The molecule has 0 saturated heterocycles. The van der Waals surface area contributed by atoms with Crippen LogP contribution < -0.4 is 4.72 Å². The van der Waals surface area contributed by atoms with Crippen LogP contribution in [-0.4, -0.2) is 14.5 Å². The lowest BCUT2D eigenvalue weighted by Gasteiger charge is -2.13. The fraction of sp³-hybridized carbons (Fsp3) is 0.333. The lowest BCUT2D eigenvalue weighted by atomic mass is 10.2. The highest BCUT2D eigenvalue weighted by molar-refractivity contribution is 7.88. The Bertz CT molecular complexity index is 648. The molecule has 0 aliphatic carbocycles. The summed E-state index contributed by atoms with van der Waals surface area (Å²) in [6.07, 6.45) is 2.13. The first kappa shape index (κ1) is 14.8. The first-order valence-electron chi connectivity index (χ1n) is 6.52. The maximum atomic E-state index is 12.1. The number of benzene rings is 1. The third-order valence-corrected chi connectivity index (χ3v) is 4.38. The lowest BCUT2D eigenvalue weighted by molar-refractivity contribution is 0.479. The van der Waals surface area contributed by atoms with Crippen LogP contribution >= 0.6 is 0 Å². The highest BCUT2D eigenvalue weighted by atomic mass is 32.2. The molecule has 5 heteroatoms. The summed E-state index contributed by atoms with van der Waals surface area (Å²) in [7, 11) is -3.35. The van der Waals surface area contributed by atoms with Gasteiger partial charge >= 0.3 is 0 Å². The van der Waals surface area contributed by atoms with E-state index in [1.807, 2.05) is 44.2 Å². The Morgan fingerprint density at radius 2 is 2.05 bits per heavy atom. The average Bonchev–Trinajstić information content (AvgIpc) is 2.79. The van der Waals surface area contributed by atoms with Crippen molar-refractivity contribution in [3.63, 3.8) is 0 Å². The molecule has 0 radical (unpaired) electrons. The van der Waals surface area contributed by atoms with Crippen LogP contribution in [-0.2, 0) is 22.2 Å². The van der Waals surface area contributed by atoms with E-state index >= 15 is 0 Å². The van der Waals surface area contributed by atoms with E-state index in [1.54, 1.807) is 12.3 Å². The summed E-state index contributed by atoms with van der Waals surface area (Å²) in [4.78, 5) is 0. The normalized spacial score (nSPS) is 13.3. The van der Waals surface area contributed by atoms with E-state index in [4.69, 9.17) is 4.42 Å². The molecule has 0 saturated carbocycles. The smallest absolute Gasteiger partial charge is 0.216 e. The van der Waals surface area contributed by atoms with Gasteiger partial charge in [0.25, 0.3) is 0 Å². The second-order valence-corrected chi connectivity index (χ2v) is 6.80. The number of aryl methyl sites for hydroxylation is 1. The molecule has 2 aromatic rings. The quantitative estimate of drug-likeness (QED) is 0.890. The van der Waals surface area contributed by atoms with Crippen LogP contribution in [0.15, 0.2) is 47.1 Å². The Balaban J connectivity index is 1.96. The van der Waals surface area contributed by atoms with Gasteiger partial charge in [0.15, 0.2) is 0 Å². The Labute approximate surface area is 119 Å². The molecule has 0 aliphatic rings. The third-order valence-electron chi connectivity index (χ3n) is 2.91. The fourth-order valence-corrected chi connectivity index (χ4v) is 3.54. The van der Waals surface area contributed by atoms with Crippen molar-refractivity contribution in [3.8, 4) is 0 Å². The molecule has 1 N–H and O–H groups in total. The standard InChI is InChI=1S/C15H19NO3S/c1-12-5-3-6-14(9-12)11-20(17,18)16-13(2)10-15-7-4-8-19-15/h3-9,13,16H,10-11H2,1-2H3/t13-/m1/s1. The van der Waals surface area contributed by atoms with E-state index in [0.29, 0.717) is 6.42 Å². The van der Waals surface area contributed by atoms with Gasteiger partial charge in [0.2, 0.25) is 10.0 Å². The summed E-state index contributed by atoms with van der Waals surface area (Å²) in [6, 6.07) is 11.0. The highest BCUT2D eigenvalue weighted by Gasteiger charge is 2.16. The van der Waals surface area contributed by atoms with Crippen molar-refractivity contribution >= 4 is 10.0 Å². The SMILES string of the molecule is Cc1cccc(CS(=O)(=O)N[C@H](C)Cc2ccco2)c1. The molecule has 1 aromatic heterocycles. The van der Waals surface area contributed by atoms with Crippen molar-refractivity contribution in [2.24, 2.45) is 0 Å². The summed E-state index contributed by atoms with van der Waals surface area (Å²) >= 11 is 0. The van der Waals surface area contributed by atoms with Gasteiger partial charge in [-0.2, -0.15) is 0 Å². The summed E-state index contributed by atoms with van der Waals surface area (Å²) < 4.78 is 32.1. The van der Waals surface area contributed by atoms with Crippen LogP contribution in [0.3, 0.4) is 0 Å². The predicted molar refractivity (Wildman–Crippen MR) is 78.8 cm³/mol. The second kappa shape index (κ2) is 6.24. The molecule has 2 rings (SSSR count). The zero-order chi connectivity index (χ0) is 14.6. The Morgan fingerprint density at radius 3 is 2.70 bits per heavy atom. The molecule has 0 amide bonds. The van der Waals surface area contributed by atoms with Gasteiger partial charge in [0.1, 0.15) is 5.76 Å². The van der Waals surface area contributed by atoms with Crippen molar-refractivity contribution < 1.29 is 12.8 Å². The van der Waals surface area contributed by atoms with Crippen molar-refractivity contribution in [2.45, 2.75) is 32.1 Å². The molecule has 0 aliphatic heterocycles. The number of furan rings is 1. The van der Waals surface area contributed by atoms with Crippen LogP contribution in [0.4, 0.5) is 0 Å². The van der Waals surface area contributed by atoms with E-state index in [1.165, 1.54) is 0 Å². The summed E-state index contributed by atoms with van der Waals surface area (Å²) in [5, 5.41) is 0. The maximum Gasteiger partial charge on any atom is 0.216 e. The van der Waals surface area contributed by atoms with Crippen LogP contribution in [0.25, 0.3) is 0 Å². The molecule has 1 aromatic carbocycles. The topological polar surface area (TPSA) is 59.3 Å². The number of hydrogen-bond donors (Lipinski definition) is 1. The lowest BCUT2D eigenvalue weighted by Crippen LogP contribution is -2.34. The predicted octanol–water partition coefficient (Wildman–Crippen LogP) is 2.64.